The van der Waals surface area contributed by atoms with E-state index in [4.69, 9.17) is 23.2 Å². The predicted molar refractivity (Wildman–Crippen MR) is 39.8 cm³/mol. The first-order valence-corrected chi connectivity index (χ1v) is 3.89. The van der Waals surface area contributed by atoms with Gasteiger partial charge in [-0.25, -0.2) is 0 Å². The lowest BCUT2D eigenvalue weighted by molar-refractivity contribution is 0.558. The lowest BCUT2D eigenvalue weighted by atomic mass is 10.1. The largest absolute Gasteiger partial charge is 0.126 e. The molecule has 0 rings (SSSR count). The van der Waals surface area contributed by atoms with Gasteiger partial charge < -0.3 is 0 Å². The Morgan fingerprint density at radius 2 is 2.00 bits per heavy atom. The minimum Gasteiger partial charge on any atom is -0.126 e. The van der Waals surface area contributed by atoms with Crippen molar-refractivity contribution in [3.8, 4) is 0 Å². The van der Waals surface area contributed by atoms with Crippen molar-refractivity contribution in [2.45, 2.75) is 25.6 Å². The number of halogens is 2. The van der Waals surface area contributed by atoms with Crippen LogP contribution in [0, 0.1) is 5.92 Å². The van der Waals surface area contributed by atoms with E-state index < -0.39 is 0 Å². The Labute approximate surface area is 61.2 Å². The van der Waals surface area contributed by atoms with Gasteiger partial charge in [-0.15, -0.1) is 23.2 Å². The number of hydrogen-bond donors (Lipinski definition) is 0. The zero-order valence-electron chi connectivity index (χ0n) is 5.32. The van der Waals surface area contributed by atoms with Gasteiger partial charge in [-0.1, -0.05) is 13.3 Å². The summed E-state index contributed by atoms with van der Waals surface area (Å²) in [4.78, 5) is 0. The molecule has 2 heteroatoms. The van der Waals surface area contributed by atoms with Gasteiger partial charge in [0.1, 0.15) is 0 Å². The summed E-state index contributed by atoms with van der Waals surface area (Å²) in [5, 5.41) is 0.220. The van der Waals surface area contributed by atoms with Crippen LogP contribution < -0.4 is 0 Å². The summed E-state index contributed by atoms with van der Waals surface area (Å²) in [5.41, 5.74) is 0. The van der Waals surface area contributed by atoms with Crippen molar-refractivity contribution in [3.05, 3.63) is 0 Å². The molecule has 0 saturated carbocycles. The Kier molecular flexibility index (Phi) is 4.78. The SMILES string of the molecule is CCC(CCl)C(C)Cl. The second kappa shape index (κ2) is 4.46. The molecule has 0 saturated heterocycles. The maximum atomic E-state index is 5.76. The molecule has 0 heterocycles. The molecule has 0 nitrogen and oxygen atoms in total. The Morgan fingerprint density at radius 1 is 1.50 bits per heavy atom. The normalized spacial score (nSPS) is 18.0. The lowest BCUT2D eigenvalue weighted by Crippen LogP contribution is -2.11. The minimum atomic E-state index is 0.220. The molecule has 0 spiro atoms. The van der Waals surface area contributed by atoms with E-state index in [0.717, 1.165) is 6.42 Å². The van der Waals surface area contributed by atoms with E-state index in [-0.39, 0.29) is 5.38 Å². The van der Waals surface area contributed by atoms with Crippen LogP contribution in [0.1, 0.15) is 20.3 Å². The van der Waals surface area contributed by atoms with Crippen LogP contribution in [0.25, 0.3) is 0 Å². The standard InChI is InChI=1S/C6H12Cl2/c1-3-6(4-7)5(2)8/h5-6H,3-4H2,1-2H3. The summed E-state index contributed by atoms with van der Waals surface area (Å²) in [5.74, 6) is 1.17. The molecular weight excluding hydrogens is 143 g/mol. The molecule has 0 amide bonds. The van der Waals surface area contributed by atoms with Crippen molar-refractivity contribution < 1.29 is 0 Å². The van der Waals surface area contributed by atoms with Gasteiger partial charge >= 0.3 is 0 Å². The van der Waals surface area contributed by atoms with Crippen LogP contribution in [0.5, 0.6) is 0 Å². The molecule has 2 unspecified atom stereocenters. The van der Waals surface area contributed by atoms with Crippen molar-refractivity contribution in [3.63, 3.8) is 0 Å². The summed E-state index contributed by atoms with van der Waals surface area (Å²) < 4.78 is 0. The third-order valence-electron chi connectivity index (χ3n) is 1.37. The highest BCUT2D eigenvalue weighted by atomic mass is 35.5. The van der Waals surface area contributed by atoms with E-state index >= 15 is 0 Å². The molecule has 2 atom stereocenters. The zero-order valence-corrected chi connectivity index (χ0v) is 6.84. The fourth-order valence-corrected chi connectivity index (χ4v) is 1.40. The van der Waals surface area contributed by atoms with E-state index in [2.05, 4.69) is 6.92 Å². The first-order valence-electron chi connectivity index (χ1n) is 2.92. The third kappa shape index (κ3) is 2.78. The smallest absolute Gasteiger partial charge is 0.0347 e. The van der Waals surface area contributed by atoms with Crippen LogP contribution in [0.4, 0.5) is 0 Å². The first kappa shape index (κ1) is 8.58. The maximum Gasteiger partial charge on any atom is 0.0347 e. The van der Waals surface area contributed by atoms with Crippen LogP contribution in [0.15, 0.2) is 0 Å². The molecule has 8 heavy (non-hydrogen) atoms. The summed E-state index contributed by atoms with van der Waals surface area (Å²) in [6.07, 6.45) is 1.08. The second-order valence-electron chi connectivity index (χ2n) is 2.00. The third-order valence-corrected chi connectivity index (χ3v) is 2.12. The Hall–Kier alpha value is 0.580. The van der Waals surface area contributed by atoms with Gasteiger partial charge in [-0.05, 0) is 12.8 Å². The van der Waals surface area contributed by atoms with Gasteiger partial charge in [-0.3, -0.25) is 0 Å². The van der Waals surface area contributed by atoms with Crippen molar-refractivity contribution >= 4 is 23.2 Å². The Balaban J connectivity index is 3.35. The highest BCUT2D eigenvalue weighted by molar-refractivity contribution is 6.22. The first-order chi connectivity index (χ1) is 3.72. The molecule has 0 radical (unpaired) electrons. The number of hydrogen-bond acceptors (Lipinski definition) is 0. The topological polar surface area (TPSA) is 0 Å². The van der Waals surface area contributed by atoms with Crippen LogP contribution in [-0.4, -0.2) is 11.3 Å². The van der Waals surface area contributed by atoms with Crippen LogP contribution >= 0.6 is 23.2 Å². The van der Waals surface area contributed by atoms with Gasteiger partial charge in [0.15, 0.2) is 0 Å². The van der Waals surface area contributed by atoms with Crippen LogP contribution in [0.2, 0.25) is 0 Å². The van der Waals surface area contributed by atoms with E-state index in [1.165, 1.54) is 0 Å². The molecule has 0 aromatic heterocycles. The molecule has 0 aromatic rings. The van der Waals surface area contributed by atoms with E-state index in [0.29, 0.717) is 11.8 Å². The van der Waals surface area contributed by atoms with E-state index in [1.807, 2.05) is 6.92 Å². The molecule has 0 fully saturated rings. The summed E-state index contributed by atoms with van der Waals surface area (Å²) in [7, 11) is 0. The zero-order chi connectivity index (χ0) is 6.57. The highest BCUT2D eigenvalue weighted by Crippen LogP contribution is 2.14. The minimum absolute atomic E-state index is 0.220. The van der Waals surface area contributed by atoms with Crippen molar-refractivity contribution in [2.75, 3.05) is 5.88 Å². The van der Waals surface area contributed by atoms with Crippen LogP contribution in [0.3, 0.4) is 0 Å². The second-order valence-corrected chi connectivity index (χ2v) is 3.00. The fourth-order valence-electron chi connectivity index (χ4n) is 0.557. The van der Waals surface area contributed by atoms with E-state index in [9.17, 15) is 0 Å². The average Bonchev–Trinajstić information content (AvgIpc) is 1.69. The van der Waals surface area contributed by atoms with Crippen molar-refractivity contribution in [1.29, 1.82) is 0 Å². The molecule has 0 aliphatic rings. The highest BCUT2D eigenvalue weighted by Gasteiger charge is 2.09. The Bertz CT molecular complexity index is 48.5. The summed E-state index contributed by atoms with van der Waals surface area (Å²) >= 11 is 11.3. The Morgan fingerprint density at radius 3 is 2.00 bits per heavy atom. The monoisotopic (exact) mass is 154 g/mol. The average molecular weight is 155 g/mol. The van der Waals surface area contributed by atoms with Crippen molar-refractivity contribution in [2.24, 2.45) is 5.92 Å². The predicted octanol–water partition coefficient (Wildman–Crippen LogP) is 2.88. The molecule has 0 N–H and O–H groups in total. The molecule has 0 aliphatic carbocycles. The van der Waals surface area contributed by atoms with Crippen molar-refractivity contribution in [1.82, 2.24) is 0 Å². The van der Waals surface area contributed by atoms with E-state index in [1.54, 1.807) is 0 Å². The maximum absolute atomic E-state index is 5.76. The van der Waals surface area contributed by atoms with Gasteiger partial charge in [0.05, 0.1) is 0 Å². The lowest BCUT2D eigenvalue weighted by Gasteiger charge is -2.11. The summed E-state index contributed by atoms with van der Waals surface area (Å²) in [6.45, 7) is 4.09. The van der Waals surface area contributed by atoms with Gasteiger partial charge in [0.2, 0.25) is 0 Å². The van der Waals surface area contributed by atoms with Gasteiger partial charge in [0, 0.05) is 11.3 Å². The molecule has 0 aliphatic heterocycles. The summed E-state index contributed by atoms with van der Waals surface area (Å²) in [6, 6.07) is 0. The number of alkyl halides is 2. The van der Waals surface area contributed by atoms with Gasteiger partial charge in [0.25, 0.3) is 0 Å². The quantitative estimate of drug-likeness (QED) is 0.549. The molecule has 0 aromatic carbocycles. The van der Waals surface area contributed by atoms with Crippen LogP contribution in [-0.2, 0) is 0 Å². The number of rotatable bonds is 3. The molecular formula is C6H12Cl2. The fraction of sp³-hybridized carbons (Fsp3) is 1.00. The molecule has 0 bridgehead atoms. The molecule has 50 valence electrons. The van der Waals surface area contributed by atoms with Gasteiger partial charge in [-0.2, -0.15) is 0 Å².